The number of rotatable bonds is 3. The molecule has 0 atom stereocenters. The Morgan fingerprint density at radius 2 is 1.67 bits per heavy atom. The number of nitrogens with zero attached hydrogens (tertiary/aromatic N) is 1. The van der Waals surface area contributed by atoms with E-state index in [1.54, 1.807) is 0 Å². The first-order valence-corrected chi connectivity index (χ1v) is 3.88. The third kappa shape index (κ3) is 8.54. The number of quaternary nitrogens is 1. The fourth-order valence-corrected chi connectivity index (χ4v) is 0.680. The van der Waals surface area contributed by atoms with E-state index in [2.05, 4.69) is 21.1 Å². The minimum atomic E-state index is -0.206. The largest absolute Gasteiger partial charge is 0.331 e. The van der Waals surface area contributed by atoms with E-state index in [1.807, 2.05) is 0 Å². The van der Waals surface area contributed by atoms with Crippen LogP contribution < -0.4 is 0 Å². The van der Waals surface area contributed by atoms with Crippen LogP contribution >= 0.6 is 23.2 Å². The zero-order valence-electron chi connectivity index (χ0n) is 6.19. The zero-order valence-corrected chi connectivity index (χ0v) is 7.71. The van der Waals surface area contributed by atoms with Crippen molar-refractivity contribution in [3.8, 4) is 0 Å². The van der Waals surface area contributed by atoms with E-state index in [9.17, 15) is 0 Å². The molecule has 0 bridgehead atoms. The minimum absolute atomic E-state index is 0.206. The summed E-state index contributed by atoms with van der Waals surface area (Å²) in [4.78, 5) is -0.206. The lowest BCUT2D eigenvalue weighted by Gasteiger charge is -2.23. The van der Waals surface area contributed by atoms with Crippen molar-refractivity contribution in [3.05, 3.63) is 0 Å². The molecule has 0 aromatic rings. The standard InChI is InChI=1S/C6H14Cl2N/c1-9(2,3)5-4-6(7)8/h6H,4-5H2,1-3H3/q+1. The van der Waals surface area contributed by atoms with Crippen molar-refractivity contribution in [3.63, 3.8) is 0 Å². The number of hydrogen-bond acceptors (Lipinski definition) is 0. The summed E-state index contributed by atoms with van der Waals surface area (Å²) in [5.74, 6) is 0. The Kier molecular flexibility index (Phi) is 3.86. The van der Waals surface area contributed by atoms with Crippen molar-refractivity contribution in [2.24, 2.45) is 0 Å². The van der Waals surface area contributed by atoms with E-state index in [-0.39, 0.29) is 4.84 Å². The molecule has 0 aromatic carbocycles. The highest BCUT2D eigenvalue weighted by Gasteiger charge is 2.08. The third-order valence-electron chi connectivity index (χ3n) is 1.02. The molecule has 0 unspecified atom stereocenters. The normalized spacial score (nSPS) is 12.7. The second kappa shape index (κ2) is 3.65. The highest BCUT2D eigenvalue weighted by Crippen LogP contribution is 2.08. The van der Waals surface area contributed by atoms with Crippen LogP contribution in [0, 0.1) is 0 Å². The molecular formula is C6H14Cl2N+. The molecule has 1 nitrogen and oxygen atoms in total. The van der Waals surface area contributed by atoms with Crippen molar-refractivity contribution in [2.75, 3.05) is 27.7 Å². The topological polar surface area (TPSA) is 0 Å². The second-order valence-corrected chi connectivity index (χ2v) is 4.47. The van der Waals surface area contributed by atoms with Gasteiger partial charge in [-0.2, -0.15) is 0 Å². The van der Waals surface area contributed by atoms with Crippen LogP contribution in [-0.2, 0) is 0 Å². The molecule has 0 fully saturated rings. The summed E-state index contributed by atoms with van der Waals surface area (Å²) in [5.41, 5.74) is 0. The van der Waals surface area contributed by atoms with Gasteiger partial charge in [-0.3, -0.25) is 0 Å². The van der Waals surface area contributed by atoms with Gasteiger partial charge in [0.2, 0.25) is 0 Å². The van der Waals surface area contributed by atoms with Crippen LogP contribution in [0.4, 0.5) is 0 Å². The molecule has 9 heavy (non-hydrogen) atoms. The van der Waals surface area contributed by atoms with Gasteiger partial charge in [-0.25, -0.2) is 0 Å². The smallest absolute Gasteiger partial charge is 0.113 e. The van der Waals surface area contributed by atoms with Gasteiger partial charge in [0.25, 0.3) is 0 Å². The van der Waals surface area contributed by atoms with E-state index in [0.29, 0.717) is 0 Å². The molecule has 0 aliphatic heterocycles. The van der Waals surface area contributed by atoms with Crippen LogP contribution in [-0.4, -0.2) is 37.0 Å². The number of alkyl halides is 2. The fraction of sp³-hybridized carbons (Fsp3) is 1.00. The summed E-state index contributed by atoms with van der Waals surface area (Å²) in [7, 11) is 6.36. The molecular weight excluding hydrogens is 157 g/mol. The fourth-order valence-electron chi connectivity index (χ4n) is 0.485. The highest BCUT2D eigenvalue weighted by atomic mass is 35.5. The highest BCUT2D eigenvalue weighted by molar-refractivity contribution is 6.44. The van der Waals surface area contributed by atoms with Gasteiger partial charge in [-0.1, -0.05) is 0 Å². The Morgan fingerprint density at radius 1 is 1.22 bits per heavy atom. The average molecular weight is 171 g/mol. The maximum Gasteiger partial charge on any atom is 0.113 e. The Labute approximate surface area is 67.1 Å². The molecule has 0 amide bonds. The van der Waals surface area contributed by atoms with E-state index in [1.165, 1.54) is 0 Å². The maximum atomic E-state index is 5.54. The van der Waals surface area contributed by atoms with Crippen LogP contribution in [0.5, 0.6) is 0 Å². The van der Waals surface area contributed by atoms with Crippen molar-refractivity contribution < 1.29 is 4.48 Å². The van der Waals surface area contributed by atoms with Gasteiger partial charge in [0.1, 0.15) is 4.84 Å². The molecule has 3 heteroatoms. The monoisotopic (exact) mass is 170 g/mol. The summed E-state index contributed by atoms with van der Waals surface area (Å²) in [6.45, 7) is 1.03. The second-order valence-electron chi connectivity index (χ2n) is 3.19. The molecule has 0 heterocycles. The van der Waals surface area contributed by atoms with Crippen LogP contribution in [0.1, 0.15) is 6.42 Å². The van der Waals surface area contributed by atoms with E-state index >= 15 is 0 Å². The van der Waals surface area contributed by atoms with Gasteiger partial charge in [0.05, 0.1) is 27.7 Å². The average Bonchev–Trinajstić information content (AvgIpc) is 1.59. The Hall–Kier alpha value is 0.540. The lowest BCUT2D eigenvalue weighted by molar-refractivity contribution is -0.870. The predicted octanol–water partition coefficient (Wildman–Crippen LogP) is 1.89. The summed E-state index contributed by atoms with van der Waals surface area (Å²) in [5, 5.41) is 0. The van der Waals surface area contributed by atoms with Gasteiger partial charge < -0.3 is 4.48 Å². The number of hydrogen-bond donors (Lipinski definition) is 0. The van der Waals surface area contributed by atoms with Crippen molar-refractivity contribution in [1.29, 1.82) is 0 Å². The molecule has 56 valence electrons. The Bertz CT molecular complexity index is 75.6. The van der Waals surface area contributed by atoms with E-state index < -0.39 is 0 Å². The molecule has 0 aliphatic rings. The van der Waals surface area contributed by atoms with Crippen LogP contribution in [0.3, 0.4) is 0 Å². The number of halogens is 2. The molecule has 0 aromatic heterocycles. The summed E-state index contributed by atoms with van der Waals surface area (Å²) >= 11 is 11.1. The quantitative estimate of drug-likeness (QED) is 0.449. The van der Waals surface area contributed by atoms with Gasteiger partial charge in [0.15, 0.2) is 0 Å². The Morgan fingerprint density at radius 3 is 1.78 bits per heavy atom. The molecule has 0 saturated heterocycles. The summed E-state index contributed by atoms with van der Waals surface area (Å²) < 4.78 is 0.927. The van der Waals surface area contributed by atoms with Crippen molar-refractivity contribution in [2.45, 2.75) is 11.3 Å². The van der Waals surface area contributed by atoms with Crippen molar-refractivity contribution in [1.82, 2.24) is 0 Å². The third-order valence-corrected chi connectivity index (χ3v) is 1.45. The predicted molar refractivity (Wildman–Crippen MR) is 43.0 cm³/mol. The Balaban J connectivity index is 3.28. The zero-order chi connectivity index (χ0) is 7.49. The van der Waals surface area contributed by atoms with Gasteiger partial charge in [-0.15, -0.1) is 23.2 Å². The minimum Gasteiger partial charge on any atom is -0.331 e. The molecule has 0 radical (unpaired) electrons. The molecule has 0 saturated carbocycles. The SMILES string of the molecule is C[N+](C)(C)CCC(Cl)Cl. The molecule has 0 spiro atoms. The molecule has 0 rings (SSSR count). The molecule has 0 N–H and O–H groups in total. The van der Waals surface area contributed by atoms with Crippen molar-refractivity contribution >= 4 is 23.2 Å². The first kappa shape index (κ1) is 9.54. The van der Waals surface area contributed by atoms with E-state index in [0.717, 1.165) is 17.4 Å². The summed E-state index contributed by atoms with van der Waals surface area (Å²) in [6.07, 6.45) is 0.868. The molecule has 0 aliphatic carbocycles. The lowest BCUT2D eigenvalue weighted by atomic mass is 10.4. The van der Waals surface area contributed by atoms with Crippen LogP contribution in [0.2, 0.25) is 0 Å². The van der Waals surface area contributed by atoms with Gasteiger partial charge in [-0.05, 0) is 0 Å². The summed E-state index contributed by atoms with van der Waals surface area (Å²) in [6, 6.07) is 0. The van der Waals surface area contributed by atoms with Crippen LogP contribution in [0.15, 0.2) is 0 Å². The van der Waals surface area contributed by atoms with E-state index in [4.69, 9.17) is 23.2 Å². The van der Waals surface area contributed by atoms with Crippen LogP contribution in [0.25, 0.3) is 0 Å². The first-order chi connectivity index (χ1) is 3.92. The lowest BCUT2D eigenvalue weighted by Crippen LogP contribution is -2.35. The van der Waals surface area contributed by atoms with Gasteiger partial charge >= 0.3 is 0 Å². The first-order valence-electron chi connectivity index (χ1n) is 3.00. The van der Waals surface area contributed by atoms with Gasteiger partial charge in [0, 0.05) is 6.42 Å². The maximum absolute atomic E-state index is 5.54.